The third kappa shape index (κ3) is 12.0. The van der Waals surface area contributed by atoms with Gasteiger partial charge in [-0.3, -0.25) is 9.59 Å². The van der Waals surface area contributed by atoms with Crippen molar-refractivity contribution < 1.29 is 38.0 Å². The van der Waals surface area contributed by atoms with Crippen molar-refractivity contribution in [2.24, 2.45) is 11.8 Å². The number of rotatable bonds is 17. The van der Waals surface area contributed by atoms with Crippen LogP contribution < -0.4 is 0 Å². The molecule has 2 unspecified atom stereocenters. The Kier molecular flexibility index (Phi) is 14.9. The Balaban J connectivity index is 1.95. The highest BCUT2D eigenvalue weighted by Crippen LogP contribution is 2.31. The van der Waals surface area contributed by atoms with Gasteiger partial charge in [0.25, 0.3) is 6.47 Å². The van der Waals surface area contributed by atoms with E-state index in [1.54, 1.807) is 0 Å². The summed E-state index contributed by atoms with van der Waals surface area (Å²) in [6.07, 6.45) is 3.72. The maximum Gasteiger partial charge on any atom is 0.309 e. The number of carbonyl (C=O) groups is 2. The van der Waals surface area contributed by atoms with Crippen LogP contribution >= 0.6 is 0 Å². The van der Waals surface area contributed by atoms with Gasteiger partial charge in [-0.15, -0.1) is 0 Å². The van der Waals surface area contributed by atoms with E-state index >= 15 is 0 Å². The van der Waals surface area contributed by atoms with Crippen molar-refractivity contribution in [1.82, 2.24) is 0 Å². The van der Waals surface area contributed by atoms with E-state index < -0.39 is 0 Å². The summed E-state index contributed by atoms with van der Waals surface area (Å²) >= 11 is 0. The van der Waals surface area contributed by atoms with Gasteiger partial charge >= 0.3 is 5.97 Å². The predicted octanol–water partition coefficient (Wildman–Crippen LogP) is 1.60. The standard InChI is InChI=1S/C19H34O8/c1-2-22-7-8-23-9-10-24-11-12-25-13-14-27-19(21)18-6-4-3-5-17(18)15-26-16-20/h16-18H,2-15H2,1H3. The highest BCUT2D eigenvalue weighted by atomic mass is 16.6. The SMILES string of the molecule is CCOCCOCCOCCOCCOC(=O)C1CCCCC1COC=O. The number of esters is 1. The highest BCUT2D eigenvalue weighted by Gasteiger charge is 2.32. The molecule has 0 aromatic rings. The lowest BCUT2D eigenvalue weighted by Crippen LogP contribution is -2.32. The molecule has 0 aliphatic heterocycles. The van der Waals surface area contributed by atoms with E-state index in [-0.39, 0.29) is 31.0 Å². The van der Waals surface area contributed by atoms with Crippen LogP contribution in [0.2, 0.25) is 0 Å². The maximum atomic E-state index is 12.2. The first-order chi connectivity index (χ1) is 13.3. The second-order valence-electron chi connectivity index (χ2n) is 6.28. The molecule has 0 N–H and O–H groups in total. The van der Waals surface area contributed by atoms with Crippen LogP contribution in [-0.4, -0.2) is 78.5 Å². The van der Waals surface area contributed by atoms with Crippen molar-refractivity contribution in [3.63, 3.8) is 0 Å². The predicted molar refractivity (Wildman–Crippen MR) is 97.4 cm³/mol. The first kappa shape index (κ1) is 23.8. The van der Waals surface area contributed by atoms with Crippen LogP contribution in [0.3, 0.4) is 0 Å². The lowest BCUT2D eigenvalue weighted by Gasteiger charge is -2.28. The average Bonchev–Trinajstić information content (AvgIpc) is 2.70. The Hall–Kier alpha value is -1.22. The van der Waals surface area contributed by atoms with Crippen LogP contribution in [0, 0.1) is 11.8 Å². The van der Waals surface area contributed by atoms with Crippen LogP contribution in [0.1, 0.15) is 32.6 Å². The molecule has 0 aromatic carbocycles. The summed E-state index contributed by atoms with van der Waals surface area (Å²) < 4.78 is 31.4. The van der Waals surface area contributed by atoms with Crippen molar-refractivity contribution in [2.75, 3.05) is 66.1 Å². The largest absolute Gasteiger partial charge is 0.468 e. The molecule has 0 amide bonds. The normalized spacial score (nSPS) is 19.6. The van der Waals surface area contributed by atoms with E-state index in [1.165, 1.54) is 0 Å². The lowest BCUT2D eigenvalue weighted by molar-refractivity contribution is -0.155. The van der Waals surface area contributed by atoms with Crippen molar-refractivity contribution >= 4 is 12.4 Å². The third-order valence-electron chi connectivity index (χ3n) is 4.38. The summed E-state index contributed by atoms with van der Waals surface area (Å²) in [5.41, 5.74) is 0. The van der Waals surface area contributed by atoms with E-state index in [0.29, 0.717) is 59.3 Å². The zero-order valence-corrected chi connectivity index (χ0v) is 16.4. The molecule has 2 atom stereocenters. The molecule has 27 heavy (non-hydrogen) atoms. The monoisotopic (exact) mass is 390 g/mol. The van der Waals surface area contributed by atoms with E-state index in [4.69, 9.17) is 28.4 Å². The molecule has 0 heterocycles. The van der Waals surface area contributed by atoms with Gasteiger partial charge in [0.05, 0.1) is 58.8 Å². The van der Waals surface area contributed by atoms with Gasteiger partial charge in [0.2, 0.25) is 0 Å². The Bertz CT molecular complexity index is 377. The zero-order valence-electron chi connectivity index (χ0n) is 16.4. The fourth-order valence-corrected chi connectivity index (χ4v) is 2.99. The van der Waals surface area contributed by atoms with Gasteiger partial charge in [-0.2, -0.15) is 0 Å². The van der Waals surface area contributed by atoms with Crippen molar-refractivity contribution in [3.8, 4) is 0 Å². The summed E-state index contributed by atoms with van der Waals surface area (Å²) in [5, 5.41) is 0. The number of ether oxygens (including phenoxy) is 6. The van der Waals surface area contributed by atoms with Gasteiger partial charge in [0, 0.05) is 12.5 Å². The Morgan fingerprint density at radius 3 is 2.00 bits per heavy atom. The molecule has 158 valence electrons. The minimum atomic E-state index is -0.224. The second kappa shape index (κ2) is 16.9. The number of hydrogen-bond acceptors (Lipinski definition) is 8. The molecule has 0 bridgehead atoms. The molecular formula is C19H34O8. The van der Waals surface area contributed by atoms with Crippen LogP contribution in [0.15, 0.2) is 0 Å². The fourth-order valence-electron chi connectivity index (χ4n) is 2.99. The summed E-state index contributed by atoms with van der Waals surface area (Å²) in [7, 11) is 0. The molecule has 0 radical (unpaired) electrons. The highest BCUT2D eigenvalue weighted by molar-refractivity contribution is 5.73. The minimum Gasteiger partial charge on any atom is -0.468 e. The molecule has 1 rings (SSSR count). The number of carbonyl (C=O) groups excluding carboxylic acids is 2. The first-order valence-corrected chi connectivity index (χ1v) is 9.82. The molecule has 1 fully saturated rings. The Morgan fingerprint density at radius 2 is 1.41 bits per heavy atom. The summed E-state index contributed by atoms with van der Waals surface area (Å²) in [6.45, 7) is 7.03. The van der Waals surface area contributed by atoms with Crippen molar-refractivity contribution in [3.05, 3.63) is 0 Å². The molecule has 0 aromatic heterocycles. The fraction of sp³-hybridized carbons (Fsp3) is 0.895. The summed E-state index contributed by atoms with van der Waals surface area (Å²) in [6, 6.07) is 0. The van der Waals surface area contributed by atoms with Gasteiger partial charge in [-0.1, -0.05) is 12.8 Å². The summed E-state index contributed by atoms with van der Waals surface area (Å²) in [5.74, 6) is -0.357. The third-order valence-corrected chi connectivity index (χ3v) is 4.38. The van der Waals surface area contributed by atoms with Gasteiger partial charge in [-0.25, -0.2) is 0 Å². The van der Waals surface area contributed by atoms with E-state index in [0.717, 1.165) is 25.7 Å². The number of hydrogen-bond donors (Lipinski definition) is 0. The molecule has 1 saturated carbocycles. The Morgan fingerprint density at radius 1 is 0.852 bits per heavy atom. The first-order valence-electron chi connectivity index (χ1n) is 9.82. The molecule has 0 saturated heterocycles. The summed E-state index contributed by atoms with van der Waals surface area (Å²) in [4.78, 5) is 22.6. The Labute approximate surface area is 161 Å². The second-order valence-corrected chi connectivity index (χ2v) is 6.28. The van der Waals surface area contributed by atoms with Gasteiger partial charge in [0.15, 0.2) is 0 Å². The van der Waals surface area contributed by atoms with Crippen LogP contribution in [-0.2, 0) is 38.0 Å². The van der Waals surface area contributed by atoms with E-state index in [1.807, 2.05) is 6.92 Å². The molecule has 8 nitrogen and oxygen atoms in total. The van der Waals surface area contributed by atoms with Gasteiger partial charge < -0.3 is 28.4 Å². The topological polar surface area (TPSA) is 89.5 Å². The molecular weight excluding hydrogens is 356 g/mol. The molecule has 0 spiro atoms. The smallest absolute Gasteiger partial charge is 0.309 e. The van der Waals surface area contributed by atoms with Crippen LogP contribution in [0.4, 0.5) is 0 Å². The van der Waals surface area contributed by atoms with Gasteiger partial charge in [0.1, 0.15) is 6.61 Å². The average molecular weight is 390 g/mol. The minimum absolute atomic E-state index is 0.0570. The zero-order chi connectivity index (χ0) is 19.6. The van der Waals surface area contributed by atoms with Crippen molar-refractivity contribution in [2.45, 2.75) is 32.6 Å². The molecule has 8 heteroatoms. The van der Waals surface area contributed by atoms with Gasteiger partial charge in [-0.05, 0) is 19.8 Å². The quantitative estimate of drug-likeness (QED) is 0.210. The van der Waals surface area contributed by atoms with E-state index in [2.05, 4.69) is 0 Å². The molecule has 1 aliphatic carbocycles. The lowest BCUT2D eigenvalue weighted by atomic mass is 9.80. The molecule has 1 aliphatic rings. The van der Waals surface area contributed by atoms with Crippen LogP contribution in [0.5, 0.6) is 0 Å². The van der Waals surface area contributed by atoms with Crippen LogP contribution in [0.25, 0.3) is 0 Å². The maximum absolute atomic E-state index is 12.2. The van der Waals surface area contributed by atoms with Crippen molar-refractivity contribution in [1.29, 1.82) is 0 Å². The van der Waals surface area contributed by atoms with E-state index in [9.17, 15) is 9.59 Å².